The molecule has 1 amide bonds. The number of carbonyl (C=O) groups excluding carboxylic acids is 1. The number of hydrogen-bond acceptors (Lipinski definition) is 1. The first kappa shape index (κ1) is 13.1. The Balaban J connectivity index is 2.38. The zero-order valence-corrected chi connectivity index (χ0v) is 11.8. The second kappa shape index (κ2) is 5.12. The maximum Gasteiger partial charge on any atom is 0.227 e. The van der Waals surface area contributed by atoms with Crippen molar-refractivity contribution in [3.05, 3.63) is 27.4 Å². The number of rotatable bonds is 2. The van der Waals surface area contributed by atoms with Crippen LogP contribution in [0.5, 0.6) is 0 Å². The Kier molecular flexibility index (Phi) is 3.95. The van der Waals surface area contributed by atoms with E-state index < -0.39 is 5.82 Å². The van der Waals surface area contributed by atoms with E-state index in [0.29, 0.717) is 23.3 Å². The summed E-state index contributed by atoms with van der Waals surface area (Å²) in [7, 11) is 0. The standard InChI is InChI=1S/C11H9BrCl2FNO/c12-7-2-8(14)11(9(15)3-7)16-5-6(4-13)1-10(16)17/h2-3,6H,1,4-5H2. The van der Waals surface area contributed by atoms with E-state index in [9.17, 15) is 9.18 Å². The van der Waals surface area contributed by atoms with Crippen LogP contribution in [0.2, 0.25) is 5.02 Å². The average Bonchev–Trinajstić information content (AvgIpc) is 2.59. The maximum absolute atomic E-state index is 13.8. The van der Waals surface area contributed by atoms with Crippen LogP contribution >= 0.6 is 39.1 Å². The van der Waals surface area contributed by atoms with E-state index in [1.54, 1.807) is 6.07 Å². The van der Waals surface area contributed by atoms with Crippen LogP contribution in [0, 0.1) is 11.7 Å². The molecule has 6 heteroatoms. The number of benzene rings is 1. The lowest BCUT2D eigenvalue weighted by Gasteiger charge is -2.19. The van der Waals surface area contributed by atoms with E-state index >= 15 is 0 Å². The number of hydrogen-bond donors (Lipinski definition) is 0. The van der Waals surface area contributed by atoms with E-state index in [2.05, 4.69) is 15.9 Å². The highest BCUT2D eigenvalue weighted by Crippen LogP contribution is 2.35. The largest absolute Gasteiger partial charge is 0.308 e. The molecule has 0 bridgehead atoms. The molecule has 1 aromatic carbocycles. The number of halogens is 4. The van der Waals surface area contributed by atoms with Crippen molar-refractivity contribution in [1.29, 1.82) is 0 Å². The summed E-state index contributed by atoms with van der Waals surface area (Å²) in [5.74, 6) is -0.201. The third-order valence-electron chi connectivity index (χ3n) is 2.67. The van der Waals surface area contributed by atoms with Crippen molar-refractivity contribution in [2.75, 3.05) is 17.3 Å². The van der Waals surface area contributed by atoms with Gasteiger partial charge in [0, 0.05) is 23.3 Å². The molecule has 2 nitrogen and oxygen atoms in total. The minimum atomic E-state index is -0.507. The molecule has 1 heterocycles. The third-order valence-corrected chi connectivity index (χ3v) is 3.86. The highest BCUT2D eigenvalue weighted by Gasteiger charge is 2.32. The minimum Gasteiger partial charge on any atom is -0.308 e. The van der Waals surface area contributed by atoms with Gasteiger partial charge in [-0.1, -0.05) is 27.5 Å². The zero-order chi connectivity index (χ0) is 12.6. The summed E-state index contributed by atoms with van der Waals surface area (Å²) < 4.78 is 14.4. The summed E-state index contributed by atoms with van der Waals surface area (Å²) in [6.07, 6.45) is 0.343. The smallest absolute Gasteiger partial charge is 0.227 e. The van der Waals surface area contributed by atoms with Gasteiger partial charge in [-0.05, 0) is 18.1 Å². The average molecular weight is 341 g/mol. The van der Waals surface area contributed by atoms with Gasteiger partial charge in [0.2, 0.25) is 5.91 Å². The minimum absolute atomic E-state index is 0.0586. The van der Waals surface area contributed by atoms with Crippen molar-refractivity contribution in [2.24, 2.45) is 5.92 Å². The van der Waals surface area contributed by atoms with Crippen LogP contribution in [0.25, 0.3) is 0 Å². The summed E-state index contributed by atoms with van der Waals surface area (Å²) in [5.41, 5.74) is 0.146. The quantitative estimate of drug-likeness (QED) is 0.749. The molecule has 0 radical (unpaired) electrons. The van der Waals surface area contributed by atoms with Crippen molar-refractivity contribution in [1.82, 2.24) is 0 Å². The number of anilines is 1. The lowest BCUT2D eigenvalue weighted by atomic mass is 10.1. The molecule has 0 saturated carbocycles. The SMILES string of the molecule is O=C1CC(CCl)CN1c1c(F)cc(Br)cc1Cl. The molecule has 1 fully saturated rings. The van der Waals surface area contributed by atoms with Crippen LogP contribution in [0.4, 0.5) is 10.1 Å². The summed E-state index contributed by atoms with van der Waals surface area (Å²) in [5, 5.41) is 0.223. The van der Waals surface area contributed by atoms with E-state index in [4.69, 9.17) is 23.2 Å². The molecule has 0 N–H and O–H groups in total. The highest BCUT2D eigenvalue weighted by molar-refractivity contribution is 9.10. The molecule has 1 atom stereocenters. The van der Waals surface area contributed by atoms with E-state index in [0.717, 1.165) is 0 Å². The third kappa shape index (κ3) is 2.59. The normalized spacial score (nSPS) is 20.1. The Hall–Kier alpha value is -0.320. The van der Waals surface area contributed by atoms with Gasteiger partial charge in [0.15, 0.2) is 0 Å². The molecule has 1 aromatic rings. The van der Waals surface area contributed by atoms with Gasteiger partial charge < -0.3 is 4.90 Å². The predicted molar refractivity (Wildman–Crippen MR) is 70.3 cm³/mol. The maximum atomic E-state index is 13.8. The Labute approximate surface area is 117 Å². The summed E-state index contributed by atoms with van der Waals surface area (Å²) in [6, 6.07) is 2.86. The summed E-state index contributed by atoms with van der Waals surface area (Å²) >= 11 is 14.8. The molecule has 1 saturated heterocycles. The molecule has 0 aliphatic carbocycles. The molecule has 2 rings (SSSR count). The van der Waals surface area contributed by atoms with Crippen molar-refractivity contribution in [3.63, 3.8) is 0 Å². The van der Waals surface area contributed by atoms with Gasteiger partial charge in [0.1, 0.15) is 5.82 Å². The lowest BCUT2D eigenvalue weighted by molar-refractivity contribution is -0.117. The first-order valence-electron chi connectivity index (χ1n) is 5.03. The first-order chi connectivity index (χ1) is 8.02. The highest BCUT2D eigenvalue weighted by atomic mass is 79.9. The number of carbonyl (C=O) groups is 1. The molecular weight excluding hydrogens is 332 g/mol. The van der Waals surface area contributed by atoms with Gasteiger partial charge in [-0.25, -0.2) is 4.39 Å². The number of alkyl halides is 1. The van der Waals surface area contributed by atoms with E-state index in [1.807, 2.05) is 0 Å². The second-order valence-electron chi connectivity index (χ2n) is 3.95. The Bertz CT molecular complexity index is 446. The van der Waals surface area contributed by atoms with Crippen LogP contribution in [0.15, 0.2) is 16.6 Å². The topological polar surface area (TPSA) is 20.3 Å². The van der Waals surface area contributed by atoms with Gasteiger partial charge in [-0.2, -0.15) is 0 Å². The Morgan fingerprint density at radius 1 is 1.53 bits per heavy atom. The summed E-state index contributed by atoms with van der Waals surface area (Å²) in [6.45, 7) is 0.417. The van der Waals surface area contributed by atoms with E-state index in [1.165, 1.54) is 11.0 Å². The van der Waals surface area contributed by atoms with Crippen LogP contribution < -0.4 is 4.90 Å². The molecular formula is C11H9BrCl2FNO. The van der Waals surface area contributed by atoms with Gasteiger partial charge in [-0.15, -0.1) is 11.6 Å². The fourth-order valence-corrected chi connectivity index (χ4v) is 2.97. The molecule has 1 aliphatic heterocycles. The van der Waals surface area contributed by atoms with Gasteiger partial charge in [0.05, 0.1) is 10.7 Å². The Morgan fingerprint density at radius 3 is 2.76 bits per heavy atom. The molecule has 1 unspecified atom stereocenters. The fraction of sp³-hybridized carbons (Fsp3) is 0.364. The molecule has 92 valence electrons. The summed E-state index contributed by atoms with van der Waals surface area (Å²) in [4.78, 5) is 13.1. The van der Waals surface area contributed by atoms with E-state index in [-0.39, 0.29) is 22.5 Å². The van der Waals surface area contributed by atoms with Crippen molar-refractivity contribution in [2.45, 2.75) is 6.42 Å². The monoisotopic (exact) mass is 339 g/mol. The Morgan fingerprint density at radius 2 is 2.24 bits per heavy atom. The molecule has 1 aliphatic rings. The number of nitrogens with zero attached hydrogens (tertiary/aromatic N) is 1. The number of amides is 1. The molecule has 17 heavy (non-hydrogen) atoms. The van der Waals surface area contributed by atoms with Gasteiger partial charge >= 0.3 is 0 Å². The zero-order valence-electron chi connectivity index (χ0n) is 8.72. The van der Waals surface area contributed by atoms with Crippen LogP contribution in [0.3, 0.4) is 0 Å². The second-order valence-corrected chi connectivity index (χ2v) is 5.58. The van der Waals surface area contributed by atoms with Crippen LogP contribution in [-0.2, 0) is 4.79 Å². The molecule has 0 aromatic heterocycles. The van der Waals surface area contributed by atoms with Crippen LogP contribution in [0.1, 0.15) is 6.42 Å². The van der Waals surface area contributed by atoms with Crippen LogP contribution in [-0.4, -0.2) is 18.3 Å². The first-order valence-corrected chi connectivity index (χ1v) is 6.74. The van der Waals surface area contributed by atoms with Crippen molar-refractivity contribution in [3.8, 4) is 0 Å². The van der Waals surface area contributed by atoms with Gasteiger partial charge in [-0.3, -0.25) is 4.79 Å². The lowest BCUT2D eigenvalue weighted by Crippen LogP contribution is -2.26. The van der Waals surface area contributed by atoms with Crippen molar-refractivity contribution < 1.29 is 9.18 Å². The van der Waals surface area contributed by atoms with Gasteiger partial charge in [0.25, 0.3) is 0 Å². The predicted octanol–water partition coefficient (Wildman–Crippen LogP) is 3.83. The molecule has 0 spiro atoms. The van der Waals surface area contributed by atoms with Crippen molar-refractivity contribution >= 4 is 50.7 Å². The fourth-order valence-electron chi connectivity index (χ4n) is 1.89.